The summed E-state index contributed by atoms with van der Waals surface area (Å²) in [5.41, 5.74) is 3.56. The number of hydrogen-bond donors (Lipinski definition) is 1. The molecular formula is C16H21F3N2. The van der Waals surface area contributed by atoms with Gasteiger partial charge in [-0.2, -0.15) is 0 Å². The van der Waals surface area contributed by atoms with Crippen molar-refractivity contribution in [1.29, 1.82) is 0 Å². The van der Waals surface area contributed by atoms with Crippen LogP contribution in [0.4, 0.5) is 13.2 Å². The summed E-state index contributed by atoms with van der Waals surface area (Å²) >= 11 is 0. The molecule has 0 saturated carbocycles. The van der Waals surface area contributed by atoms with E-state index in [1.54, 1.807) is 0 Å². The highest BCUT2D eigenvalue weighted by Gasteiger charge is 2.30. The van der Waals surface area contributed by atoms with Crippen molar-refractivity contribution in [3.8, 4) is 0 Å². The molecule has 1 atom stereocenters. The van der Waals surface area contributed by atoms with Crippen LogP contribution in [0.2, 0.25) is 0 Å². The minimum absolute atomic E-state index is 0.0881. The zero-order valence-corrected chi connectivity index (χ0v) is 12.4. The van der Waals surface area contributed by atoms with Crippen LogP contribution in [0.1, 0.15) is 30.6 Å². The first-order valence-electron chi connectivity index (χ1n) is 7.20. The lowest BCUT2D eigenvalue weighted by Gasteiger charge is -2.35. The molecule has 2 heterocycles. The Morgan fingerprint density at radius 1 is 1.29 bits per heavy atom. The summed E-state index contributed by atoms with van der Waals surface area (Å²) in [6, 6.07) is 8.29. The molecule has 0 saturated heterocycles. The number of nitrogens with zero attached hydrogens (tertiary/aromatic N) is 1. The van der Waals surface area contributed by atoms with Gasteiger partial charge in [-0.3, -0.25) is 9.29 Å². The Hall–Kier alpha value is -1.49. The van der Waals surface area contributed by atoms with E-state index < -0.39 is 6.43 Å². The molecule has 1 aliphatic rings. The minimum Gasteiger partial charge on any atom is -0.357 e. The van der Waals surface area contributed by atoms with Crippen molar-refractivity contribution in [3.63, 3.8) is 0 Å². The maximum absolute atomic E-state index is 12.7. The van der Waals surface area contributed by atoms with E-state index in [-0.39, 0.29) is 12.6 Å². The summed E-state index contributed by atoms with van der Waals surface area (Å²) < 4.78 is 34.8. The Morgan fingerprint density at radius 3 is 2.67 bits per heavy atom. The second-order valence-electron chi connectivity index (χ2n) is 5.12. The van der Waals surface area contributed by atoms with E-state index in [4.69, 9.17) is 0 Å². The summed E-state index contributed by atoms with van der Waals surface area (Å²) in [6.45, 7) is 2.65. The van der Waals surface area contributed by atoms with Crippen LogP contribution >= 0.6 is 0 Å². The molecule has 3 rings (SSSR count). The number of benzene rings is 1. The molecule has 0 amide bonds. The number of aromatic nitrogens is 1. The van der Waals surface area contributed by atoms with E-state index in [0.29, 0.717) is 7.18 Å². The first-order chi connectivity index (χ1) is 10.2. The van der Waals surface area contributed by atoms with Crippen LogP contribution < -0.4 is 0 Å². The Morgan fingerprint density at radius 2 is 2.00 bits per heavy atom. The first-order valence-corrected chi connectivity index (χ1v) is 7.20. The van der Waals surface area contributed by atoms with Crippen molar-refractivity contribution in [3.05, 3.63) is 35.5 Å². The molecule has 1 aliphatic heterocycles. The standard InChI is InChI=1S/C15H18F2N2.CH3F/c1-2-13-15-11(7-8-19(13)9-14(16)17)10-5-3-4-6-12(10)18-15;1-2/h3-6,13-14,18H,2,7-9H2,1H3;1H3. The molecule has 0 spiro atoms. The van der Waals surface area contributed by atoms with E-state index in [1.807, 2.05) is 17.0 Å². The minimum atomic E-state index is -2.26. The van der Waals surface area contributed by atoms with Gasteiger partial charge in [0.15, 0.2) is 0 Å². The quantitative estimate of drug-likeness (QED) is 0.893. The van der Waals surface area contributed by atoms with Crippen LogP contribution in [0.5, 0.6) is 0 Å². The SMILES string of the molecule is CCC1c2[nH]c3ccccc3c2CCN1CC(F)F.CF. The Bertz CT molecular complexity index is 580. The largest absolute Gasteiger partial charge is 0.357 e. The number of halogens is 3. The van der Waals surface area contributed by atoms with Gasteiger partial charge in [-0.05, 0) is 24.5 Å². The van der Waals surface area contributed by atoms with E-state index in [0.717, 1.165) is 30.6 Å². The normalized spacial score (nSPS) is 18.5. The van der Waals surface area contributed by atoms with Crippen molar-refractivity contribution in [2.75, 3.05) is 20.3 Å². The fourth-order valence-corrected chi connectivity index (χ4v) is 3.23. The number of hydrogen-bond acceptors (Lipinski definition) is 1. The molecule has 2 aromatic rings. The van der Waals surface area contributed by atoms with Gasteiger partial charge in [-0.1, -0.05) is 25.1 Å². The molecule has 1 aromatic carbocycles. The smallest absolute Gasteiger partial charge is 0.251 e. The molecule has 21 heavy (non-hydrogen) atoms. The monoisotopic (exact) mass is 298 g/mol. The summed E-state index contributed by atoms with van der Waals surface area (Å²) in [5, 5.41) is 1.24. The van der Waals surface area contributed by atoms with Crippen molar-refractivity contribution < 1.29 is 13.2 Å². The number of nitrogens with one attached hydrogen (secondary N) is 1. The maximum atomic E-state index is 12.7. The zero-order valence-electron chi connectivity index (χ0n) is 12.4. The van der Waals surface area contributed by atoms with Crippen molar-refractivity contribution in [2.24, 2.45) is 0 Å². The fraction of sp³-hybridized carbons (Fsp3) is 0.500. The van der Waals surface area contributed by atoms with Gasteiger partial charge in [0.2, 0.25) is 0 Å². The van der Waals surface area contributed by atoms with E-state index >= 15 is 0 Å². The summed E-state index contributed by atoms with van der Waals surface area (Å²) in [7, 11) is 0.500. The number of para-hydroxylation sites is 1. The molecule has 5 heteroatoms. The van der Waals surface area contributed by atoms with Crippen LogP contribution in [-0.2, 0) is 6.42 Å². The average molecular weight is 298 g/mol. The Kier molecular flexibility index (Phi) is 5.28. The van der Waals surface area contributed by atoms with Gasteiger partial charge in [0.05, 0.1) is 19.8 Å². The average Bonchev–Trinajstić information content (AvgIpc) is 2.87. The second-order valence-corrected chi connectivity index (χ2v) is 5.12. The molecule has 0 fully saturated rings. The van der Waals surface area contributed by atoms with Gasteiger partial charge in [0, 0.05) is 23.1 Å². The topological polar surface area (TPSA) is 19.0 Å². The number of rotatable bonds is 3. The van der Waals surface area contributed by atoms with Gasteiger partial charge in [-0.15, -0.1) is 0 Å². The third-order valence-electron chi connectivity index (χ3n) is 4.03. The Balaban J connectivity index is 0.000000774. The van der Waals surface area contributed by atoms with E-state index in [9.17, 15) is 13.2 Å². The molecule has 2 nitrogen and oxygen atoms in total. The molecule has 0 bridgehead atoms. The fourth-order valence-electron chi connectivity index (χ4n) is 3.23. The molecule has 1 N–H and O–H groups in total. The number of aromatic amines is 1. The second kappa shape index (κ2) is 6.98. The molecular weight excluding hydrogens is 277 g/mol. The van der Waals surface area contributed by atoms with Crippen molar-refractivity contribution in [1.82, 2.24) is 9.88 Å². The number of H-pyrrole nitrogens is 1. The van der Waals surface area contributed by atoms with Gasteiger partial charge < -0.3 is 4.98 Å². The number of fused-ring (bicyclic) bond motifs is 3. The summed E-state index contributed by atoms with van der Waals surface area (Å²) in [6.07, 6.45) is -0.560. The van der Waals surface area contributed by atoms with Crippen LogP contribution in [0.3, 0.4) is 0 Å². The summed E-state index contributed by atoms with van der Waals surface area (Å²) in [4.78, 5) is 5.34. The first kappa shape index (κ1) is 15.9. The van der Waals surface area contributed by atoms with Gasteiger partial charge in [0.1, 0.15) is 0 Å². The van der Waals surface area contributed by atoms with Gasteiger partial charge in [-0.25, -0.2) is 8.78 Å². The van der Waals surface area contributed by atoms with Crippen LogP contribution in [0.15, 0.2) is 24.3 Å². The number of alkyl halides is 3. The zero-order chi connectivity index (χ0) is 15.4. The van der Waals surface area contributed by atoms with Crippen LogP contribution in [-0.4, -0.2) is 36.6 Å². The van der Waals surface area contributed by atoms with Crippen molar-refractivity contribution >= 4 is 10.9 Å². The highest BCUT2D eigenvalue weighted by molar-refractivity contribution is 5.85. The molecule has 116 valence electrons. The molecule has 1 aromatic heterocycles. The van der Waals surface area contributed by atoms with Gasteiger partial charge in [0.25, 0.3) is 6.43 Å². The predicted octanol–water partition coefficient (Wildman–Crippen LogP) is 4.33. The van der Waals surface area contributed by atoms with E-state index in [2.05, 4.69) is 24.0 Å². The molecule has 0 aliphatic carbocycles. The van der Waals surface area contributed by atoms with E-state index in [1.165, 1.54) is 10.9 Å². The highest BCUT2D eigenvalue weighted by Crippen LogP contribution is 2.36. The predicted molar refractivity (Wildman–Crippen MR) is 79.6 cm³/mol. The van der Waals surface area contributed by atoms with Crippen LogP contribution in [0.25, 0.3) is 10.9 Å². The third kappa shape index (κ3) is 3.07. The maximum Gasteiger partial charge on any atom is 0.251 e. The lowest BCUT2D eigenvalue weighted by atomic mass is 9.96. The van der Waals surface area contributed by atoms with Crippen molar-refractivity contribution in [2.45, 2.75) is 32.2 Å². The lowest BCUT2D eigenvalue weighted by molar-refractivity contribution is 0.0589. The highest BCUT2D eigenvalue weighted by atomic mass is 19.3. The Labute approximate surface area is 122 Å². The molecule has 1 unspecified atom stereocenters. The van der Waals surface area contributed by atoms with Crippen LogP contribution in [0, 0.1) is 0 Å². The molecule has 0 radical (unpaired) electrons. The lowest BCUT2D eigenvalue weighted by Crippen LogP contribution is -2.38. The third-order valence-corrected chi connectivity index (χ3v) is 4.03. The van der Waals surface area contributed by atoms with Gasteiger partial charge >= 0.3 is 0 Å². The summed E-state index contributed by atoms with van der Waals surface area (Å²) in [5.74, 6) is 0.